The third-order valence-corrected chi connectivity index (χ3v) is 2.92. The van der Waals surface area contributed by atoms with Gasteiger partial charge in [0.2, 0.25) is 0 Å². The van der Waals surface area contributed by atoms with E-state index in [0.717, 1.165) is 12.0 Å². The molecular weight excluding hydrogens is 230 g/mol. The number of ether oxygens (including phenoxy) is 1. The quantitative estimate of drug-likeness (QED) is 0.606. The number of carbonyl (C=O) groups excluding carboxylic acids is 2. The molecular formula is C14H15NO3. The molecule has 1 unspecified atom stereocenters. The van der Waals surface area contributed by atoms with Gasteiger partial charge in [0.15, 0.2) is 11.7 Å². The molecule has 18 heavy (non-hydrogen) atoms. The molecule has 94 valence electrons. The Morgan fingerprint density at radius 1 is 1.39 bits per heavy atom. The maximum absolute atomic E-state index is 12.1. The number of aryl methyl sites for hydroxylation is 1. The van der Waals surface area contributed by atoms with Gasteiger partial charge in [-0.1, -0.05) is 13.0 Å². The highest BCUT2D eigenvalue weighted by molar-refractivity contribution is 6.22. The number of nitrogens with zero attached hydrogens (tertiary/aromatic N) is 1. The van der Waals surface area contributed by atoms with E-state index < -0.39 is 11.9 Å². The van der Waals surface area contributed by atoms with E-state index in [2.05, 4.69) is 4.99 Å². The summed E-state index contributed by atoms with van der Waals surface area (Å²) in [7, 11) is 0. The van der Waals surface area contributed by atoms with E-state index in [4.69, 9.17) is 4.74 Å². The van der Waals surface area contributed by atoms with Gasteiger partial charge in [0.1, 0.15) is 0 Å². The molecule has 0 amide bonds. The molecule has 0 aliphatic carbocycles. The van der Waals surface area contributed by atoms with Crippen LogP contribution in [0.1, 0.15) is 29.8 Å². The third kappa shape index (κ3) is 2.18. The van der Waals surface area contributed by atoms with Crippen LogP contribution in [0.2, 0.25) is 0 Å². The fraction of sp³-hybridized carbons (Fsp3) is 0.357. The molecule has 1 heterocycles. The van der Waals surface area contributed by atoms with Crippen molar-refractivity contribution in [3.8, 4) is 0 Å². The topological polar surface area (TPSA) is 55.7 Å². The van der Waals surface area contributed by atoms with Gasteiger partial charge in [-0.15, -0.1) is 0 Å². The lowest BCUT2D eigenvalue weighted by atomic mass is 9.93. The second-order valence-electron chi connectivity index (χ2n) is 4.08. The molecule has 0 fully saturated rings. The Labute approximate surface area is 106 Å². The first-order valence-electron chi connectivity index (χ1n) is 6.05. The van der Waals surface area contributed by atoms with Gasteiger partial charge in [0.05, 0.1) is 12.3 Å². The highest BCUT2D eigenvalue weighted by Crippen LogP contribution is 2.28. The molecule has 0 N–H and O–H groups in total. The summed E-state index contributed by atoms with van der Waals surface area (Å²) < 4.78 is 4.86. The van der Waals surface area contributed by atoms with Crippen molar-refractivity contribution in [2.45, 2.75) is 20.3 Å². The molecule has 0 saturated heterocycles. The average molecular weight is 245 g/mol. The first-order chi connectivity index (χ1) is 8.67. The minimum atomic E-state index is -0.898. The molecule has 0 saturated carbocycles. The van der Waals surface area contributed by atoms with Gasteiger partial charge in [-0.3, -0.25) is 14.6 Å². The van der Waals surface area contributed by atoms with E-state index in [1.165, 1.54) is 6.21 Å². The van der Waals surface area contributed by atoms with Gasteiger partial charge >= 0.3 is 5.97 Å². The third-order valence-electron chi connectivity index (χ3n) is 2.92. The molecule has 2 rings (SSSR count). The summed E-state index contributed by atoms with van der Waals surface area (Å²) in [6.07, 6.45) is 2.26. The van der Waals surface area contributed by atoms with Gasteiger partial charge in [0.25, 0.3) is 0 Å². The zero-order valence-corrected chi connectivity index (χ0v) is 10.5. The van der Waals surface area contributed by atoms with Crippen LogP contribution in [0.5, 0.6) is 0 Å². The largest absolute Gasteiger partial charge is 0.465 e. The Balaban J connectivity index is 2.32. The number of fused-ring (bicyclic) bond motifs is 1. The number of aliphatic imine (C=N–C) groups is 1. The maximum Gasteiger partial charge on any atom is 0.322 e. The molecule has 0 bridgehead atoms. The van der Waals surface area contributed by atoms with E-state index in [9.17, 15) is 9.59 Å². The Kier molecular flexibility index (Phi) is 3.55. The van der Waals surface area contributed by atoms with Crippen LogP contribution in [0.25, 0.3) is 0 Å². The van der Waals surface area contributed by atoms with Crippen LogP contribution >= 0.6 is 0 Å². The van der Waals surface area contributed by atoms with Crippen molar-refractivity contribution in [1.29, 1.82) is 0 Å². The van der Waals surface area contributed by atoms with Crippen LogP contribution in [0.15, 0.2) is 23.2 Å². The van der Waals surface area contributed by atoms with Crippen LogP contribution in [-0.2, 0) is 16.0 Å². The van der Waals surface area contributed by atoms with Crippen LogP contribution in [0.3, 0.4) is 0 Å². The molecule has 1 aromatic rings. The van der Waals surface area contributed by atoms with E-state index in [-0.39, 0.29) is 12.4 Å². The standard InChI is InChI=1S/C14H15NO3/c1-3-9-5-6-10-12(7-9)15-8-11(13(10)16)14(17)18-4-2/h5-8,11H,3-4H2,1-2H3. The highest BCUT2D eigenvalue weighted by Gasteiger charge is 2.31. The lowest BCUT2D eigenvalue weighted by molar-refractivity contribution is -0.143. The number of benzene rings is 1. The number of hydrogen-bond acceptors (Lipinski definition) is 4. The first kappa shape index (κ1) is 12.5. The van der Waals surface area contributed by atoms with Gasteiger partial charge in [-0.25, -0.2) is 0 Å². The minimum absolute atomic E-state index is 0.235. The molecule has 1 aliphatic rings. The number of Topliss-reactive ketones (excluding diaryl/α,β-unsaturated/α-hetero) is 1. The van der Waals surface area contributed by atoms with Crippen molar-refractivity contribution in [1.82, 2.24) is 0 Å². The Hall–Kier alpha value is -1.97. The van der Waals surface area contributed by atoms with Gasteiger partial charge < -0.3 is 4.74 Å². The van der Waals surface area contributed by atoms with Crippen molar-refractivity contribution in [3.63, 3.8) is 0 Å². The van der Waals surface area contributed by atoms with E-state index in [0.29, 0.717) is 11.3 Å². The van der Waals surface area contributed by atoms with Crippen molar-refractivity contribution in [2.24, 2.45) is 10.9 Å². The summed E-state index contributed by atoms with van der Waals surface area (Å²) in [5.74, 6) is -1.66. The van der Waals surface area contributed by atoms with Crippen LogP contribution in [0, 0.1) is 5.92 Å². The summed E-state index contributed by atoms with van der Waals surface area (Å²) in [6, 6.07) is 5.50. The summed E-state index contributed by atoms with van der Waals surface area (Å²) in [5, 5.41) is 0. The second-order valence-corrected chi connectivity index (χ2v) is 4.08. The fourth-order valence-corrected chi connectivity index (χ4v) is 1.90. The van der Waals surface area contributed by atoms with E-state index >= 15 is 0 Å². The SMILES string of the molecule is CCOC(=O)C1C=Nc2cc(CC)ccc2C1=O. The fourth-order valence-electron chi connectivity index (χ4n) is 1.90. The van der Waals surface area contributed by atoms with Crippen molar-refractivity contribution >= 4 is 23.7 Å². The summed E-state index contributed by atoms with van der Waals surface area (Å²) >= 11 is 0. The predicted molar refractivity (Wildman–Crippen MR) is 68.4 cm³/mol. The maximum atomic E-state index is 12.1. The van der Waals surface area contributed by atoms with Crippen molar-refractivity contribution in [3.05, 3.63) is 29.3 Å². The van der Waals surface area contributed by atoms with Crippen LogP contribution in [-0.4, -0.2) is 24.6 Å². The number of esters is 1. The Morgan fingerprint density at radius 3 is 2.83 bits per heavy atom. The Morgan fingerprint density at radius 2 is 2.17 bits per heavy atom. The molecule has 1 aromatic carbocycles. The smallest absolute Gasteiger partial charge is 0.322 e. The number of ketones is 1. The monoisotopic (exact) mass is 245 g/mol. The zero-order valence-electron chi connectivity index (χ0n) is 10.5. The molecule has 0 radical (unpaired) electrons. The number of hydrogen-bond donors (Lipinski definition) is 0. The Bertz CT molecular complexity index is 520. The first-order valence-corrected chi connectivity index (χ1v) is 6.05. The van der Waals surface area contributed by atoms with Crippen molar-refractivity contribution in [2.75, 3.05) is 6.61 Å². The molecule has 1 aliphatic heterocycles. The minimum Gasteiger partial charge on any atom is -0.465 e. The van der Waals surface area contributed by atoms with Crippen LogP contribution in [0.4, 0.5) is 5.69 Å². The molecule has 0 spiro atoms. The highest BCUT2D eigenvalue weighted by atomic mass is 16.5. The summed E-state index contributed by atoms with van der Waals surface area (Å²) in [4.78, 5) is 27.9. The number of carbonyl (C=O) groups is 2. The van der Waals surface area contributed by atoms with Crippen molar-refractivity contribution < 1.29 is 14.3 Å². The zero-order chi connectivity index (χ0) is 13.1. The lowest BCUT2D eigenvalue weighted by Gasteiger charge is -2.16. The summed E-state index contributed by atoms with van der Waals surface area (Å²) in [5.41, 5.74) is 2.25. The molecule has 1 atom stereocenters. The second kappa shape index (κ2) is 5.12. The van der Waals surface area contributed by atoms with E-state index in [1.807, 2.05) is 19.1 Å². The normalized spacial score (nSPS) is 17.4. The number of rotatable bonds is 3. The van der Waals surface area contributed by atoms with Gasteiger partial charge in [0, 0.05) is 11.8 Å². The van der Waals surface area contributed by atoms with Gasteiger partial charge in [-0.05, 0) is 31.0 Å². The van der Waals surface area contributed by atoms with Crippen LogP contribution < -0.4 is 0 Å². The molecule has 4 nitrogen and oxygen atoms in total. The lowest BCUT2D eigenvalue weighted by Crippen LogP contribution is -2.29. The van der Waals surface area contributed by atoms with Gasteiger partial charge in [-0.2, -0.15) is 0 Å². The predicted octanol–water partition coefficient (Wildman–Crippen LogP) is 2.33. The average Bonchev–Trinajstić information content (AvgIpc) is 2.38. The van der Waals surface area contributed by atoms with E-state index in [1.54, 1.807) is 13.0 Å². The molecule has 0 aromatic heterocycles. The molecule has 4 heteroatoms. The summed E-state index contributed by atoms with van der Waals surface area (Å²) in [6.45, 7) is 4.01.